The van der Waals surface area contributed by atoms with Gasteiger partial charge in [0.2, 0.25) is 5.91 Å². The number of pyridine rings is 1. The Bertz CT molecular complexity index is 963. The number of para-hydroxylation sites is 1. The molecule has 7 nitrogen and oxygen atoms in total. The lowest BCUT2D eigenvalue weighted by Crippen LogP contribution is -2.56. The number of carbonyl (C=O) groups is 1. The minimum atomic E-state index is 0.0110. The highest BCUT2D eigenvalue weighted by Gasteiger charge is 2.27. The maximum Gasteiger partial charge on any atom is 0.223 e. The molecule has 1 aromatic heterocycles. The Balaban J connectivity index is 1.43. The molecule has 0 spiro atoms. The summed E-state index contributed by atoms with van der Waals surface area (Å²) in [6, 6.07) is 14.5. The lowest BCUT2D eigenvalue weighted by molar-refractivity contribution is -0.116. The number of hydrazone groups is 1. The second-order valence-corrected chi connectivity index (χ2v) is 7.98. The summed E-state index contributed by atoms with van der Waals surface area (Å²) in [5.41, 5.74) is 6.67. The maximum atomic E-state index is 11.9. The van der Waals surface area contributed by atoms with Crippen LogP contribution in [0.15, 0.2) is 53.8 Å². The molecule has 3 heterocycles. The quantitative estimate of drug-likeness (QED) is 0.593. The molecular weight excluding hydrogens is 396 g/mol. The highest BCUT2D eigenvalue weighted by Crippen LogP contribution is 2.25. The molecule has 2 aromatic rings. The number of fused-ring (bicyclic) bond motifs is 1. The van der Waals surface area contributed by atoms with Crippen molar-refractivity contribution in [2.24, 2.45) is 5.10 Å². The lowest BCUT2D eigenvalue weighted by Gasteiger charge is -2.41. The molecule has 1 atom stereocenters. The van der Waals surface area contributed by atoms with E-state index in [0.717, 1.165) is 36.7 Å². The van der Waals surface area contributed by atoms with Gasteiger partial charge in [0.05, 0.1) is 11.4 Å². The van der Waals surface area contributed by atoms with Crippen molar-refractivity contribution >= 4 is 40.3 Å². The summed E-state index contributed by atoms with van der Waals surface area (Å²) in [6.45, 7) is 6.99. The van der Waals surface area contributed by atoms with E-state index in [0.29, 0.717) is 18.1 Å². The van der Waals surface area contributed by atoms with Gasteiger partial charge in [-0.2, -0.15) is 5.10 Å². The third-order valence-electron chi connectivity index (χ3n) is 5.60. The zero-order chi connectivity index (χ0) is 21.1. The fourth-order valence-electron chi connectivity index (χ4n) is 4.04. The lowest BCUT2D eigenvalue weighted by atomic mass is 10.1. The van der Waals surface area contributed by atoms with Gasteiger partial charge in [0.15, 0.2) is 5.11 Å². The number of hydrogen-bond donors (Lipinski definition) is 1. The fourth-order valence-corrected chi connectivity index (χ4v) is 4.36. The van der Waals surface area contributed by atoms with Gasteiger partial charge in [-0.3, -0.25) is 15.2 Å². The SMILES string of the molecule is CC(=O)N1CC/C(=N/NC(=S)N2CCN(c3ccccc3)CC2C)c2ncccc21. The highest BCUT2D eigenvalue weighted by atomic mass is 32.1. The zero-order valence-corrected chi connectivity index (χ0v) is 18.1. The van der Waals surface area contributed by atoms with Crippen LogP contribution in [0.1, 0.15) is 26.0 Å². The van der Waals surface area contributed by atoms with E-state index in [-0.39, 0.29) is 11.9 Å². The van der Waals surface area contributed by atoms with Crippen molar-refractivity contribution in [1.82, 2.24) is 15.3 Å². The van der Waals surface area contributed by atoms with Gasteiger partial charge < -0.3 is 14.7 Å². The van der Waals surface area contributed by atoms with Crippen molar-refractivity contribution in [1.29, 1.82) is 0 Å². The zero-order valence-electron chi connectivity index (χ0n) is 17.3. The van der Waals surface area contributed by atoms with Crippen LogP contribution >= 0.6 is 12.2 Å². The Labute approximate surface area is 182 Å². The summed E-state index contributed by atoms with van der Waals surface area (Å²) in [7, 11) is 0. The number of anilines is 2. The van der Waals surface area contributed by atoms with Crippen molar-refractivity contribution in [2.45, 2.75) is 26.3 Å². The van der Waals surface area contributed by atoms with Crippen molar-refractivity contribution < 1.29 is 4.79 Å². The first-order valence-electron chi connectivity index (χ1n) is 10.2. The minimum Gasteiger partial charge on any atom is -0.368 e. The molecule has 1 N–H and O–H groups in total. The summed E-state index contributed by atoms with van der Waals surface area (Å²) in [5.74, 6) is 0.0110. The van der Waals surface area contributed by atoms with E-state index < -0.39 is 0 Å². The summed E-state index contributed by atoms with van der Waals surface area (Å²) < 4.78 is 0. The van der Waals surface area contributed by atoms with E-state index in [2.05, 4.69) is 56.5 Å². The molecule has 1 aromatic carbocycles. The minimum absolute atomic E-state index is 0.0110. The molecule has 0 bridgehead atoms. The normalized spacial score (nSPS) is 20.1. The van der Waals surface area contributed by atoms with Gasteiger partial charge in [0.1, 0.15) is 5.69 Å². The molecule has 0 aliphatic carbocycles. The van der Waals surface area contributed by atoms with Crippen molar-refractivity contribution in [2.75, 3.05) is 36.0 Å². The van der Waals surface area contributed by atoms with E-state index >= 15 is 0 Å². The fraction of sp³-hybridized carbons (Fsp3) is 0.364. The van der Waals surface area contributed by atoms with E-state index in [1.807, 2.05) is 18.2 Å². The molecule has 0 saturated carbocycles. The largest absolute Gasteiger partial charge is 0.368 e. The number of thiocarbonyl (C=S) groups is 1. The predicted molar refractivity (Wildman–Crippen MR) is 124 cm³/mol. The van der Waals surface area contributed by atoms with Gasteiger partial charge >= 0.3 is 0 Å². The second kappa shape index (κ2) is 8.79. The summed E-state index contributed by atoms with van der Waals surface area (Å²) in [5, 5.41) is 5.19. The molecule has 156 valence electrons. The standard InChI is InChI=1S/C22H26N6OS/c1-16-15-26(18-7-4-3-5-8-18)13-14-27(16)22(30)25-24-19-10-12-28(17(2)29)20-9-6-11-23-21(19)20/h3-9,11,16H,10,12-15H2,1-2H3,(H,25,30)/b24-19-. The Morgan fingerprint density at radius 1 is 1.17 bits per heavy atom. The van der Waals surface area contributed by atoms with Gasteiger partial charge in [-0.25, -0.2) is 0 Å². The number of piperazine rings is 1. The third-order valence-corrected chi connectivity index (χ3v) is 5.92. The molecule has 0 radical (unpaired) electrons. The number of nitrogens with one attached hydrogen (secondary N) is 1. The number of carbonyl (C=O) groups excluding carboxylic acids is 1. The maximum absolute atomic E-state index is 11.9. The Hall–Kier alpha value is -3.00. The van der Waals surface area contributed by atoms with Gasteiger partial charge in [0.25, 0.3) is 0 Å². The van der Waals surface area contributed by atoms with Crippen molar-refractivity contribution in [3.05, 3.63) is 54.4 Å². The average molecular weight is 423 g/mol. The number of amides is 1. The van der Waals surface area contributed by atoms with Crippen LogP contribution in [0.3, 0.4) is 0 Å². The number of benzene rings is 1. The van der Waals surface area contributed by atoms with E-state index in [4.69, 9.17) is 12.2 Å². The number of aromatic nitrogens is 1. The average Bonchev–Trinajstić information content (AvgIpc) is 2.77. The third kappa shape index (κ3) is 4.14. The summed E-state index contributed by atoms with van der Waals surface area (Å²) >= 11 is 5.64. The van der Waals surface area contributed by atoms with Crippen LogP contribution in [0.5, 0.6) is 0 Å². The van der Waals surface area contributed by atoms with Crippen LogP contribution in [0, 0.1) is 0 Å². The Morgan fingerprint density at radius 2 is 1.97 bits per heavy atom. The van der Waals surface area contributed by atoms with Crippen molar-refractivity contribution in [3.8, 4) is 0 Å². The van der Waals surface area contributed by atoms with Crippen molar-refractivity contribution in [3.63, 3.8) is 0 Å². The van der Waals surface area contributed by atoms with Gasteiger partial charge in [-0.15, -0.1) is 0 Å². The van der Waals surface area contributed by atoms with Crippen LogP contribution in [0.4, 0.5) is 11.4 Å². The first kappa shape index (κ1) is 20.3. The number of rotatable bonds is 2. The molecule has 2 aliphatic heterocycles. The van der Waals surface area contributed by atoms with E-state index in [1.165, 1.54) is 5.69 Å². The van der Waals surface area contributed by atoms with Gasteiger partial charge in [-0.05, 0) is 43.4 Å². The topological polar surface area (TPSA) is 64.1 Å². The first-order chi connectivity index (χ1) is 14.5. The monoisotopic (exact) mass is 422 g/mol. The summed E-state index contributed by atoms with van der Waals surface area (Å²) in [6.07, 6.45) is 2.36. The Morgan fingerprint density at radius 3 is 2.70 bits per heavy atom. The van der Waals surface area contributed by atoms with Crippen LogP contribution < -0.4 is 15.2 Å². The summed E-state index contributed by atoms with van der Waals surface area (Å²) in [4.78, 5) is 22.7. The van der Waals surface area contributed by atoms with Crippen LogP contribution in [-0.4, -0.2) is 58.8 Å². The van der Waals surface area contributed by atoms with E-state index in [1.54, 1.807) is 18.0 Å². The van der Waals surface area contributed by atoms with Gasteiger partial charge in [-0.1, -0.05) is 18.2 Å². The molecule has 1 fully saturated rings. The second-order valence-electron chi connectivity index (χ2n) is 7.59. The number of nitrogens with zero attached hydrogens (tertiary/aromatic N) is 5. The molecule has 2 aliphatic rings. The molecule has 4 rings (SSSR count). The molecule has 1 unspecified atom stereocenters. The van der Waals surface area contributed by atoms with Crippen LogP contribution in [0.2, 0.25) is 0 Å². The van der Waals surface area contributed by atoms with Crippen LogP contribution in [0.25, 0.3) is 0 Å². The van der Waals surface area contributed by atoms with Gasteiger partial charge in [0, 0.05) is 57.4 Å². The molecule has 30 heavy (non-hydrogen) atoms. The molecule has 1 amide bonds. The van der Waals surface area contributed by atoms with Crippen LogP contribution in [-0.2, 0) is 4.79 Å². The first-order valence-corrected chi connectivity index (χ1v) is 10.6. The molecule has 1 saturated heterocycles. The smallest absolute Gasteiger partial charge is 0.223 e. The highest BCUT2D eigenvalue weighted by molar-refractivity contribution is 7.80. The molecule has 8 heteroatoms. The Kier molecular flexibility index (Phi) is 5.94. The predicted octanol–water partition coefficient (Wildman–Crippen LogP) is 2.63. The number of hydrogen-bond acceptors (Lipinski definition) is 5. The van der Waals surface area contributed by atoms with E-state index in [9.17, 15) is 4.79 Å². The molecular formula is C22H26N6OS.